The number of hydrogen-bond acceptors (Lipinski definition) is 4. The third-order valence-electron chi connectivity index (χ3n) is 3.29. The summed E-state index contributed by atoms with van der Waals surface area (Å²) in [6.45, 7) is 0.838. The topological polar surface area (TPSA) is 63.2 Å². The van der Waals surface area contributed by atoms with Crippen LogP contribution in [-0.2, 0) is 11.2 Å². The second-order valence-corrected chi connectivity index (χ2v) is 4.57. The molecule has 92 valence electrons. The van der Waals surface area contributed by atoms with Crippen LogP contribution in [0, 0.1) is 11.3 Å². The molecule has 18 heavy (non-hydrogen) atoms. The monoisotopic (exact) mass is 242 g/mol. The number of fused-ring (bicyclic) bond motifs is 1. The van der Waals surface area contributed by atoms with Crippen LogP contribution < -0.4 is 0 Å². The van der Waals surface area contributed by atoms with Crippen molar-refractivity contribution in [2.24, 2.45) is 0 Å². The number of pyridine rings is 1. The summed E-state index contributed by atoms with van der Waals surface area (Å²) in [7, 11) is 0. The zero-order chi connectivity index (χ0) is 12.4. The Hall–Kier alpha value is -1.93. The lowest BCUT2D eigenvalue weighted by Crippen LogP contribution is -2.22. The van der Waals surface area contributed by atoms with Crippen LogP contribution in [0.5, 0.6) is 0 Å². The summed E-state index contributed by atoms with van der Waals surface area (Å²) in [5.41, 5.74) is 1.40. The zero-order valence-electron chi connectivity index (χ0n) is 10.0. The summed E-state index contributed by atoms with van der Waals surface area (Å²) in [4.78, 5) is 0. The average molecular weight is 242 g/mol. The van der Waals surface area contributed by atoms with E-state index in [1.165, 1.54) is 6.42 Å². The van der Waals surface area contributed by atoms with Gasteiger partial charge >= 0.3 is 0 Å². The van der Waals surface area contributed by atoms with E-state index in [1.807, 2.05) is 10.5 Å². The van der Waals surface area contributed by atoms with E-state index < -0.39 is 0 Å². The summed E-state index contributed by atoms with van der Waals surface area (Å²) >= 11 is 0. The van der Waals surface area contributed by atoms with Crippen molar-refractivity contribution in [1.82, 2.24) is 14.6 Å². The van der Waals surface area contributed by atoms with Gasteiger partial charge in [-0.1, -0.05) is 0 Å². The number of nitrogens with zero attached hydrogens (tertiary/aromatic N) is 4. The van der Waals surface area contributed by atoms with Crippen LogP contribution in [0.15, 0.2) is 18.3 Å². The van der Waals surface area contributed by atoms with Crippen LogP contribution in [0.2, 0.25) is 0 Å². The van der Waals surface area contributed by atoms with Gasteiger partial charge < -0.3 is 4.74 Å². The van der Waals surface area contributed by atoms with Crippen LogP contribution in [-0.4, -0.2) is 27.3 Å². The molecule has 2 aromatic rings. The molecule has 5 heteroatoms. The van der Waals surface area contributed by atoms with E-state index in [0.717, 1.165) is 37.3 Å². The Labute approximate surface area is 105 Å². The minimum atomic E-state index is 0.233. The molecule has 5 nitrogen and oxygen atoms in total. The number of aromatic nitrogens is 3. The first kappa shape index (κ1) is 11.2. The van der Waals surface area contributed by atoms with E-state index in [9.17, 15) is 0 Å². The van der Waals surface area contributed by atoms with Gasteiger partial charge in [-0.2, -0.15) is 5.26 Å². The number of hydrogen-bond donors (Lipinski definition) is 0. The molecule has 2 aromatic heterocycles. The second kappa shape index (κ2) is 4.75. The van der Waals surface area contributed by atoms with Crippen molar-refractivity contribution in [1.29, 1.82) is 5.26 Å². The fraction of sp³-hybridized carbons (Fsp3) is 0.462. The van der Waals surface area contributed by atoms with Gasteiger partial charge in [0.2, 0.25) is 0 Å². The number of nitriles is 1. The van der Waals surface area contributed by atoms with Crippen molar-refractivity contribution < 1.29 is 4.74 Å². The molecule has 3 heterocycles. The van der Waals surface area contributed by atoms with Gasteiger partial charge in [-0.25, -0.2) is 0 Å². The van der Waals surface area contributed by atoms with Crippen molar-refractivity contribution in [2.45, 2.75) is 31.8 Å². The van der Waals surface area contributed by atoms with Crippen molar-refractivity contribution in [3.05, 3.63) is 29.7 Å². The molecule has 0 N–H and O–H groups in total. The summed E-state index contributed by atoms with van der Waals surface area (Å²) in [6, 6.07) is 5.70. The Morgan fingerprint density at radius 3 is 3.11 bits per heavy atom. The number of rotatable bonds is 2. The van der Waals surface area contributed by atoms with Crippen LogP contribution in [0.25, 0.3) is 5.65 Å². The number of ether oxygens (including phenoxy) is 1. The van der Waals surface area contributed by atoms with E-state index in [0.29, 0.717) is 5.56 Å². The maximum atomic E-state index is 8.92. The van der Waals surface area contributed by atoms with Crippen molar-refractivity contribution in [3.63, 3.8) is 0 Å². The lowest BCUT2D eigenvalue weighted by molar-refractivity contribution is 0.0155. The van der Waals surface area contributed by atoms with Crippen LogP contribution in [0.1, 0.15) is 30.7 Å². The van der Waals surface area contributed by atoms with E-state index in [1.54, 1.807) is 12.3 Å². The average Bonchev–Trinajstić information content (AvgIpc) is 2.82. The molecular weight excluding hydrogens is 228 g/mol. The summed E-state index contributed by atoms with van der Waals surface area (Å²) in [5.74, 6) is 0.869. The Kier molecular flexibility index (Phi) is 2.95. The standard InChI is InChI=1S/C13H14N4O/c14-8-10-4-5-12-15-16-13(17(12)9-10)7-11-3-1-2-6-18-11/h4-5,9,11H,1-3,6-7H2. The van der Waals surface area contributed by atoms with Crippen LogP contribution >= 0.6 is 0 Å². The maximum absolute atomic E-state index is 8.92. The quantitative estimate of drug-likeness (QED) is 0.804. The molecule has 0 bridgehead atoms. The van der Waals surface area contributed by atoms with E-state index in [4.69, 9.17) is 10.00 Å². The van der Waals surface area contributed by atoms with Gasteiger partial charge in [0, 0.05) is 19.2 Å². The lowest BCUT2D eigenvalue weighted by Gasteiger charge is -2.21. The third-order valence-corrected chi connectivity index (χ3v) is 3.29. The van der Waals surface area contributed by atoms with Gasteiger partial charge in [-0.05, 0) is 31.4 Å². The highest BCUT2D eigenvalue weighted by Gasteiger charge is 2.17. The first-order chi connectivity index (χ1) is 8.86. The fourth-order valence-corrected chi connectivity index (χ4v) is 2.32. The molecule has 0 saturated carbocycles. The van der Waals surface area contributed by atoms with Crippen LogP contribution in [0.4, 0.5) is 0 Å². The summed E-state index contributed by atoms with van der Waals surface area (Å²) in [6.07, 6.45) is 6.22. The highest BCUT2D eigenvalue weighted by Crippen LogP contribution is 2.17. The van der Waals surface area contributed by atoms with Crippen molar-refractivity contribution in [3.8, 4) is 6.07 Å². The summed E-state index contributed by atoms with van der Waals surface area (Å²) in [5, 5.41) is 17.2. The first-order valence-electron chi connectivity index (χ1n) is 6.22. The van der Waals surface area contributed by atoms with E-state index in [-0.39, 0.29) is 6.10 Å². The molecule has 1 saturated heterocycles. The fourth-order valence-electron chi connectivity index (χ4n) is 2.32. The Balaban J connectivity index is 1.89. The Bertz CT molecular complexity index is 593. The Morgan fingerprint density at radius 1 is 1.39 bits per heavy atom. The lowest BCUT2D eigenvalue weighted by atomic mass is 10.1. The SMILES string of the molecule is N#Cc1ccc2nnc(CC3CCCCO3)n2c1. The molecule has 0 amide bonds. The van der Waals surface area contributed by atoms with Gasteiger partial charge in [-0.15, -0.1) is 10.2 Å². The first-order valence-corrected chi connectivity index (χ1v) is 6.22. The third kappa shape index (κ3) is 2.07. The van der Waals surface area contributed by atoms with Crippen molar-refractivity contribution in [2.75, 3.05) is 6.61 Å². The minimum Gasteiger partial charge on any atom is -0.378 e. The van der Waals surface area contributed by atoms with E-state index in [2.05, 4.69) is 16.3 Å². The summed E-state index contributed by atoms with van der Waals surface area (Å²) < 4.78 is 7.60. The maximum Gasteiger partial charge on any atom is 0.160 e. The van der Waals surface area contributed by atoms with Crippen LogP contribution in [0.3, 0.4) is 0 Å². The molecule has 0 aliphatic carbocycles. The molecule has 0 radical (unpaired) electrons. The highest BCUT2D eigenvalue weighted by molar-refractivity contribution is 5.42. The normalized spacial score (nSPS) is 19.8. The predicted octanol–water partition coefficient (Wildman–Crippen LogP) is 1.71. The smallest absolute Gasteiger partial charge is 0.160 e. The van der Waals surface area contributed by atoms with Gasteiger partial charge in [0.1, 0.15) is 11.9 Å². The molecule has 1 aliphatic rings. The van der Waals surface area contributed by atoms with Gasteiger partial charge in [0.25, 0.3) is 0 Å². The molecular formula is C13H14N4O. The Morgan fingerprint density at radius 2 is 2.33 bits per heavy atom. The highest BCUT2D eigenvalue weighted by atomic mass is 16.5. The molecule has 0 spiro atoms. The molecule has 1 aliphatic heterocycles. The minimum absolute atomic E-state index is 0.233. The largest absolute Gasteiger partial charge is 0.378 e. The molecule has 1 unspecified atom stereocenters. The molecule has 1 atom stereocenters. The molecule has 0 aromatic carbocycles. The molecule has 1 fully saturated rings. The van der Waals surface area contributed by atoms with Gasteiger partial charge in [0.15, 0.2) is 5.65 Å². The molecule has 3 rings (SSSR count). The van der Waals surface area contributed by atoms with Gasteiger partial charge in [0.05, 0.1) is 11.7 Å². The van der Waals surface area contributed by atoms with Crippen molar-refractivity contribution >= 4 is 5.65 Å². The van der Waals surface area contributed by atoms with Gasteiger partial charge in [-0.3, -0.25) is 4.40 Å². The zero-order valence-corrected chi connectivity index (χ0v) is 10.0. The second-order valence-electron chi connectivity index (χ2n) is 4.57. The van der Waals surface area contributed by atoms with E-state index >= 15 is 0 Å². The predicted molar refractivity (Wildman–Crippen MR) is 65.0 cm³/mol.